The molecule has 1 fully saturated rings. The Hall–Kier alpha value is -1.65. The van der Waals surface area contributed by atoms with Gasteiger partial charge in [0.05, 0.1) is 18.0 Å². The van der Waals surface area contributed by atoms with Gasteiger partial charge in [-0.1, -0.05) is 18.2 Å². The third kappa shape index (κ3) is 3.03. The lowest BCUT2D eigenvalue weighted by Gasteiger charge is -2.08. The van der Waals surface area contributed by atoms with Crippen LogP contribution in [0.3, 0.4) is 0 Å². The SMILES string of the molecule is COCc1ccccc1-n1ccc(CNC2CC2)n1. The highest BCUT2D eigenvalue weighted by Gasteiger charge is 2.20. The highest BCUT2D eigenvalue weighted by molar-refractivity contribution is 5.40. The summed E-state index contributed by atoms with van der Waals surface area (Å²) in [6.07, 6.45) is 4.62. The lowest BCUT2D eigenvalue weighted by atomic mass is 10.2. The first-order valence-corrected chi connectivity index (χ1v) is 6.72. The summed E-state index contributed by atoms with van der Waals surface area (Å²) in [7, 11) is 1.71. The van der Waals surface area contributed by atoms with Gasteiger partial charge in [0, 0.05) is 31.5 Å². The molecule has 0 atom stereocenters. The van der Waals surface area contributed by atoms with E-state index >= 15 is 0 Å². The predicted octanol–water partition coefficient (Wildman–Crippen LogP) is 2.27. The number of rotatable bonds is 6. The minimum Gasteiger partial charge on any atom is -0.380 e. The fraction of sp³-hybridized carbons (Fsp3) is 0.400. The van der Waals surface area contributed by atoms with Crippen LogP contribution < -0.4 is 5.32 Å². The monoisotopic (exact) mass is 257 g/mol. The Kier molecular flexibility index (Phi) is 3.62. The molecule has 1 aliphatic rings. The number of benzene rings is 1. The molecular formula is C15H19N3O. The van der Waals surface area contributed by atoms with Crippen LogP contribution in [-0.2, 0) is 17.9 Å². The van der Waals surface area contributed by atoms with Gasteiger partial charge >= 0.3 is 0 Å². The summed E-state index contributed by atoms with van der Waals surface area (Å²) in [5.74, 6) is 0. The van der Waals surface area contributed by atoms with Crippen LogP contribution >= 0.6 is 0 Å². The smallest absolute Gasteiger partial charge is 0.0766 e. The van der Waals surface area contributed by atoms with Crippen molar-refractivity contribution in [2.75, 3.05) is 7.11 Å². The molecule has 0 bridgehead atoms. The lowest BCUT2D eigenvalue weighted by molar-refractivity contribution is 0.184. The van der Waals surface area contributed by atoms with Crippen molar-refractivity contribution in [1.29, 1.82) is 0 Å². The van der Waals surface area contributed by atoms with Gasteiger partial charge in [0.25, 0.3) is 0 Å². The van der Waals surface area contributed by atoms with Crippen LogP contribution in [0.1, 0.15) is 24.1 Å². The fourth-order valence-corrected chi connectivity index (χ4v) is 2.14. The van der Waals surface area contributed by atoms with E-state index in [1.165, 1.54) is 12.8 Å². The maximum absolute atomic E-state index is 5.23. The summed E-state index contributed by atoms with van der Waals surface area (Å²) in [4.78, 5) is 0. The molecule has 1 saturated carbocycles. The predicted molar refractivity (Wildman–Crippen MR) is 74.1 cm³/mol. The van der Waals surface area contributed by atoms with E-state index in [-0.39, 0.29) is 0 Å². The largest absolute Gasteiger partial charge is 0.380 e. The van der Waals surface area contributed by atoms with E-state index in [9.17, 15) is 0 Å². The van der Waals surface area contributed by atoms with Crippen LogP contribution in [0.4, 0.5) is 0 Å². The molecule has 0 radical (unpaired) electrons. The van der Waals surface area contributed by atoms with Crippen LogP contribution in [0, 0.1) is 0 Å². The molecule has 1 N–H and O–H groups in total. The van der Waals surface area contributed by atoms with Crippen LogP contribution in [0.15, 0.2) is 36.5 Å². The molecule has 0 saturated heterocycles. The number of methoxy groups -OCH3 is 1. The van der Waals surface area contributed by atoms with Gasteiger partial charge in [0.15, 0.2) is 0 Å². The van der Waals surface area contributed by atoms with Crippen molar-refractivity contribution in [3.63, 3.8) is 0 Å². The lowest BCUT2D eigenvalue weighted by Crippen LogP contribution is -2.15. The second kappa shape index (κ2) is 5.55. The number of ether oxygens (including phenoxy) is 1. The zero-order chi connectivity index (χ0) is 13.1. The normalized spacial score (nSPS) is 14.8. The first-order chi connectivity index (χ1) is 9.36. The summed E-state index contributed by atoms with van der Waals surface area (Å²) in [6, 6.07) is 11.0. The zero-order valence-corrected chi connectivity index (χ0v) is 11.2. The molecule has 4 heteroatoms. The average molecular weight is 257 g/mol. The van der Waals surface area contributed by atoms with Crippen molar-refractivity contribution in [2.45, 2.75) is 32.0 Å². The Bertz CT molecular complexity index is 546. The molecule has 3 rings (SSSR count). The Morgan fingerprint density at radius 3 is 2.95 bits per heavy atom. The van der Waals surface area contributed by atoms with Gasteiger partial charge in [0.1, 0.15) is 0 Å². The standard InChI is InChI=1S/C15H19N3O/c1-19-11-12-4-2-3-5-15(12)18-9-8-14(17-18)10-16-13-6-7-13/h2-5,8-9,13,16H,6-7,10-11H2,1H3. The van der Waals surface area contributed by atoms with Crippen molar-refractivity contribution in [1.82, 2.24) is 15.1 Å². The molecule has 0 spiro atoms. The van der Waals surface area contributed by atoms with Crippen molar-refractivity contribution < 1.29 is 4.74 Å². The molecule has 1 aromatic heterocycles. The van der Waals surface area contributed by atoms with E-state index in [2.05, 4.69) is 28.6 Å². The minimum atomic E-state index is 0.603. The molecule has 1 aliphatic carbocycles. The minimum absolute atomic E-state index is 0.603. The van der Waals surface area contributed by atoms with Crippen molar-refractivity contribution in [2.24, 2.45) is 0 Å². The van der Waals surface area contributed by atoms with Crippen LogP contribution in [-0.4, -0.2) is 22.9 Å². The number of hydrogen-bond acceptors (Lipinski definition) is 3. The van der Waals surface area contributed by atoms with Crippen LogP contribution in [0.2, 0.25) is 0 Å². The van der Waals surface area contributed by atoms with E-state index in [1.807, 2.05) is 23.0 Å². The summed E-state index contributed by atoms with van der Waals surface area (Å²) >= 11 is 0. The van der Waals surface area contributed by atoms with Crippen molar-refractivity contribution in [3.05, 3.63) is 47.8 Å². The molecule has 0 unspecified atom stereocenters. The number of aromatic nitrogens is 2. The van der Waals surface area contributed by atoms with Crippen LogP contribution in [0.5, 0.6) is 0 Å². The first kappa shape index (κ1) is 12.4. The molecule has 2 aromatic rings. The maximum Gasteiger partial charge on any atom is 0.0766 e. The number of para-hydroxylation sites is 1. The summed E-state index contributed by atoms with van der Waals surface area (Å²) < 4.78 is 7.16. The second-order valence-electron chi connectivity index (χ2n) is 4.97. The molecule has 4 nitrogen and oxygen atoms in total. The third-order valence-corrected chi connectivity index (χ3v) is 3.33. The zero-order valence-electron chi connectivity index (χ0n) is 11.2. The van der Waals surface area contributed by atoms with E-state index in [0.717, 1.165) is 23.5 Å². The van der Waals surface area contributed by atoms with Gasteiger partial charge in [-0.2, -0.15) is 5.10 Å². The Balaban J connectivity index is 1.77. The van der Waals surface area contributed by atoms with E-state index < -0.39 is 0 Å². The second-order valence-corrected chi connectivity index (χ2v) is 4.97. The number of nitrogens with zero attached hydrogens (tertiary/aromatic N) is 2. The summed E-state index contributed by atoms with van der Waals surface area (Å²) in [5.41, 5.74) is 3.32. The molecule has 0 amide bonds. The van der Waals surface area contributed by atoms with E-state index in [0.29, 0.717) is 12.6 Å². The molecule has 1 aromatic carbocycles. The number of nitrogens with one attached hydrogen (secondary N) is 1. The Labute approximate surface area is 113 Å². The van der Waals surface area contributed by atoms with Crippen molar-refractivity contribution in [3.8, 4) is 5.69 Å². The third-order valence-electron chi connectivity index (χ3n) is 3.33. The van der Waals surface area contributed by atoms with Gasteiger partial charge < -0.3 is 10.1 Å². The van der Waals surface area contributed by atoms with Gasteiger partial charge in [-0.15, -0.1) is 0 Å². The van der Waals surface area contributed by atoms with Gasteiger partial charge in [-0.25, -0.2) is 4.68 Å². The van der Waals surface area contributed by atoms with Gasteiger partial charge in [-0.05, 0) is 25.0 Å². The Morgan fingerprint density at radius 2 is 2.16 bits per heavy atom. The fourth-order valence-electron chi connectivity index (χ4n) is 2.14. The highest BCUT2D eigenvalue weighted by atomic mass is 16.5. The molecule has 0 aliphatic heterocycles. The Morgan fingerprint density at radius 1 is 1.32 bits per heavy atom. The van der Waals surface area contributed by atoms with Gasteiger partial charge in [-0.3, -0.25) is 0 Å². The van der Waals surface area contributed by atoms with Gasteiger partial charge in [0.2, 0.25) is 0 Å². The highest BCUT2D eigenvalue weighted by Crippen LogP contribution is 2.19. The first-order valence-electron chi connectivity index (χ1n) is 6.72. The molecule has 19 heavy (non-hydrogen) atoms. The maximum atomic E-state index is 5.23. The average Bonchev–Trinajstić information content (AvgIpc) is 3.15. The van der Waals surface area contributed by atoms with Crippen LogP contribution in [0.25, 0.3) is 5.69 Å². The van der Waals surface area contributed by atoms with E-state index in [4.69, 9.17) is 4.74 Å². The summed E-state index contributed by atoms with van der Waals surface area (Å²) in [6.45, 7) is 1.45. The quantitative estimate of drug-likeness (QED) is 0.863. The topological polar surface area (TPSA) is 39.1 Å². The summed E-state index contributed by atoms with van der Waals surface area (Å²) in [5, 5.41) is 8.10. The molecule has 1 heterocycles. The number of hydrogen-bond donors (Lipinski definition) is 1. The van der Waals surface area contributed by atoms with Crippen molar-refractivity contribution >= 4 is 0 Å². The molecular weight excluding hydrogens is 238 g/mol. The molecule has 100 valence electrons. The van der Waals surface area contributed by atoms with E-state index in [1.54, 1.807) is 7.11 Å².